The Morgan fingerprint density at radius 1 is 1.10 bits per heavy atom. The van der Waals surface area contributed by atoms with Crippen molar-refractivity contribution in [2.75, 3.05) is 12.0 Å². The molecule has 1 atom stereocenters. The number of rotatable bonds is 4. The monoisotopic (exact) mass is 417 g/mol. The topological polar surface area (TPSA) is 63.6 Å². The third-order valence-electron chi connectivity index (χ3n) is 6.70. The van der Waals surface area contributed by atoms with Crippen LogP contribution in [0.15, 0.2) is 54.6 Å². The maximum Gasteiger partial charge on any atom is 0.275 e. The summed E-state index contributed by atoms with van der Waals surface area (Å²) in [6.07, 6.45) is 4.26. The molecule has 5 rings (SSSR count). The fraction of sp³-hybridized carbons (Fsp3) is 0.360. The van der Waals surface area contributed by atoms with Crippen molar-refractivity contribution in [1.29, 1.82) is 0 Å². The molecule has 31 heavy (non-hydrogen) atoms. The Morgan fingerprint density at radius 3 is 2.52 bits per heavy atom. The summed E-state index contributed by atoms with van der Waals surface area (Å²) in [6.45, 7) is 2.27. The number of nitrogens with one attached hydrogen (secondary N) is 1. The van der Waals surface area contributed by atoms with Gasteiger partial charge in [-0.2, -0.15) is 0 Å². The first-order valence-electron chi connectivity index (χ1n) is 10.9. The van der Waals surface area contributed by atoms with E-state index in [2.05, 4.69) is 5.32 Å². The van der Waals surface area contributed by atoms with Gasteiger partial charge in [-0.1, -0.05) is 31.0 Å². The van der Waals surface area contributed by atoms with E-state index in [4.69, 9.17) is 4.74 Å². The molecule has 160 valence electrons. The third-order valence-corrected chi connectivity index (χ3v) is 6.70. The van der Waals surface area contributed by atoms with E-state index in [1.807, 2.05) is 66.1 Å². The van der Waals surface area contributed by atoms with E-state index in [0.29, 0.717) is 23.7 Å². The van der Waals surface area contributed by atoms with Gasteiger partial charge in [-0.15, -0.1) is 0 Å². The minimum atomic E-state index is -1.05. The van der Waals surface area contributed by atoms with Crippen LogP contribution in [-0.4, -0.2) is 35.1 Å². The van der Waals surface area contributed by atoms with E-state index in [9.17, 15) is 9.59 Å². The van der Waals surface area contributed by atoms with E-state index in [-0.39, 0.29) is 17.9 Å². The van der Waals surface area contributed by atoms with Crippen molar-refractivity contribution in [2.24, 2.45) is 0 Å². The van der Waals surface area contributed by atoms with Gasteiger partial charge in [0.2, 0.25) is 5.91 Å². The number of anilines is 1. The SMILES string of the molecule is COc1ccc(N2C(=O)c3cc4ccccc4n3C[C@@]2(C)C(=O)NC2CCCC2)cc1. The Hall–Kier alpha value is -3.28. The second-order valence-electron chi connectivity index (χ2n) is 8.74. The Balaban J connectivity index is 1.62. The van der Waals surface area contributed by atoms with Gasteiger partial charge in [0, 0.05) is 22.6 Å². The summed E-state index contributed by atoms with van der Waals surface area (Å²) in [6, 6.07) is 17.4. The molecule has 0 spiro atoms. The zero-order chi connectivity index (χ0) is 21.6. The molecule has 2 amide bonds. The number of benzene rings is 2. The minimum absolute atomic E-state index is 0.105. The lowest BCUT2D eigenvalue weighted by molar-refractivity contribution is -0.127. The standard InChI is InChI=1S/C25H27N3O3/c1-25(24(30)26-18-8-4-5-9-18)16-27-21-10-6-3-7-17(21)15-22(27)23(29)28(25)19-11-13-20(31-2)14-12-19/h3,6-7,10-15,18H,4-5,8-9,16H2,1-2H3,(H,26,30)/t25-/m0/s1. The number of aromatic nitrogens is 1. The molecule has 3 aromatic rings. The third kappa shape index (κ3) is 3.17. The molecule has 1 saturated carbocycles. The van der Waals surface area contributed by atoms with Crippen molar-refractivity contribution < 1.29 is 14.3 Å². The predicted molar refractivity (Wildman–Crippen MR) is 121 cm³/mol. The zero-order valence-corrected chi connectivity index (χ0v) is 17.9. The summed E-state index contributed by atoms with van der Waals surface area (Å²) in [5, 5.41) is 4.23. The minimum Gasteiger partial charge on any atom is -0.497 e. The van der Waals surface area contributed by atoms with Crippen LogP contribution in [0, 0.1) is 0 Å². The molecule has 2 aromatic carbocycles. The van der Waals surface area contributed by atoms with E-state index in [1.165, 1.54) is 0 Å². The largest absolute Gasteiger partial charge is 0.497 e. The molecular weight excluding hydrogens is 390 g/mol. The molecule has 1 fully saturated rings. The molecule has 1 aliphatic heterocycles. The average Bonchev–Trinajstić information content (AvgIpc) is 3.42. The highest BCUT2D eigenvalue weighted by Gasteiger charge is 2.49. The molecule has 1 aliphatic carbocycles. The summed E-state index contributed by atoms with van der Waals surface area (Å²) in [7, 11) is 1.61. The lowest BCUT2D eigenvalue weighted by atomic mass is 9.93. The van der Waals surface area contributed by atoms with E-state index >= 15 is 0 Å². The summed E-state index contributed by atoms with van der Waals surface area (Å²) < 4.78 is 7.27. The van der Waals surface area contributed by atoms with Gasteiger partial charge in [0.1, 0.15) is 17.0 Å². The molecule has 0 bridgehead atoms. The first-order valence-corrected chi connectivity index (χ1v) is 10.9. The Labute approximate surface area is 181 Å². The van der Waals surface area contributed by atoms with Crippen LogP contribution in [-0.2, 0) is 11.3 Å². The highest BCUT2D eigenvalue weighted by Crippen LogP contribution is 2.36. The second-order valence-corrected chi connectivity index (χ2v) is 8.74. The fourth-order valence-electron chi connectivity index (χ4n) is 4.99. The van der Waals surface area contributed by atoms with Crippen LogP contribution in [0.2, 0.25) is 0 Å². The van der Waals surface area contributed by atoms with Gasteiger partial charge in [-0.3, -0.25) is 14.5 Å². The molecular formula is C25H27N3O3. The van der Waals surface area contributed by atoms with Crippen LogP contribution in [0.1, 0.15) is 43.1 Å². The van der Waals surface area contributed by atoms with Gasteiger partial charge < -0.3 is 14.6 Å². The molecule has 0 saturated heterocycles. The molecule has 0 radical (unpaired) electrons. The van der Waals surface area contributed by atoms with Gasteiger partial charge in [0.05, 0.1) is 13.7 Å². The van der Waals surface area contributed by atoms with Gasteiger partial charge >= 0.3 is 0 Å². The van der Waals surface area contributed by atoms with Crippen LogP contribution < -0.4 is 15.0 Å². The molecule has 6 heteroatoms. The average molecular weight is 418 g/mol. The van der Waals surface area contributed by atoms with E-state index in [0.717, 1.165) is 36.6 Å². The van der Waals surface area contributed by atoms with Crippen LogP contribution >= 0.6 is 0 Å². The Bertz CT molecular complexity index is 1140. The number of hydrogen-bond donors (Lipinski definition) is 1. The number of hydrogen-bond acceptors (Lipinski definition) is 3. The number of para-hydroxylation sites is 1. The normalized spacial score (nSPS) is 21.4. The van der Waals surface area contributed by atoms with Crippen LogP contribution in [0.5, 0.6) is 5.75 Å². The van der Waals surface area contributed by atoms with Crippen molar-refractivity contribution >= 4 is 28.4 Å². The van der Waals surface area contributed by atoms with Crippen molar-refractivity contribution in [3.63, 3.8) is 0 Å². The molecule has 0 unspecified atom stereocenters. The summed E-state index contributed by atoms with van der Waals surface area (Å²) >= 11 is 0. The van der Waals surface area contributed by atoms with Crippen molar-refractivity contribution in [3.05, 3.63) is 60.3 Å². The maximum atomic E-state index is 13.8. The van der Waals surface area contributed by atoms with Crippen LogP contribution in [0.25, 0.3) is 10.9 Å². The molecule has 2 heterocycles. The number of amides is 2. The summed E-state index contributed by atoms with van der Waals surface area (Å²) in [4.78, 5) is 29.1. The number of nitrogens with zero attached hydrogens (tertiary/aromatic N) is 2. The zero-order valence-electron chi connectivity index (χ0n) is 17.9. The smallest absolute Gasteiger partial charge is 0.275 e. The maximum absolute atomic E-state index is 13.8. The van der Waals surface area contributed by atoms with Gasteiger partial charge in [-0.05, 0) is 56.2 Å². The van der Waals surface area contributed by atoms with Crippen molar-refractivity contribution in [3.8, 4) is 5.75 Å². The van der Waals surface area contributed by atoms with E-state index < -0.39 is 5.54 Å². The van der Waals surface area contributed by atoms with Gasteiger partial charge in [0.15, 0.2) is 0 Å². The number of ether oxygens (including phenoxy) is 1. The summed E-state index contributed by atoms with van der Waals surface area (Å²) in [5.41, 5.74) is 1.21. The predicted octanol–water partition coefficient (Wildman–Crippen LogP) is 4.13. The lowest BCUT2D eigenvalue weighted by Crippen LogP contribution is -2.65. The fourth-order valence-corrected chi connectivity index (χ4v) is 4.99. The highest BCUT2D eigenvalue weighted by molar-refractivity contribution is 6.14. The van der Waals surface area contributed by atoms with E-state index in [1.54, 1.807) is 12.0 Å². The van der Waals surface area contributed by atoms with Crippen molar-refractivity contribution in [2.45, 2.75) is 50.7 Å². The van der Waals surface area contributed by atoms with Crippen LogP contribution in [0.3, 0.4) is 0 Å². The van der Waals surface area contributed by atoms with Crippen molar-refractivity contribution in [1.82, 2.24) is 9.88 Å². The summed E-state index contributed by atoms with van der Waals surface area (Å²) in [5.74, 6) is 0.433. The Kier molecular flexibility index (Phi) is 4.73. The molecule has 2 aliphatic rings. The first-order chi connectivity index (χ1) is 15.0. The Morgan fingerprint density at radius 2 is 1.81 bits per heavy atom. The first kappa shape index (κ1) is 19.7. The lowest BCUT2D eigenvalue weighted by Gasteiger charge is -2.44. The highest BCUT2D eigenvalue weighted by atomic mass is 16.5. The number of carbonyl (C=O) groups is 2. The molecule has 6 nitrogen and oxygen atoms in total. The molecule has 1 aromatic heterocycles. The number of methoxy groups -OCH3 is 1. The second kappa shape index (κ2) is 7.45. The van der Waals surface area contributed by atoms with Gasteiger partial charge in [0.25, 0.3) is 5.91 Å². The van der Waals surface area contributed by atoms with Gasteiger partial charge in [-0.25, -0.2) is 0 Å². The quantitative estimate of drug-likeness (QED) is 0.694. The molecule has 1 N–H and O–H groups in total. The number of fused-ring (bicyclic) bond motifs is 3. The number of carbonyl (C=O) groups excluding carboxylic acids is 2. The van der Waals surface area contributed by atoms with Crippen LogP contribution in [0.4, 0.5) is 5.69 Å².